The number of carbonyl (C=O) groups excluding carboxylic acids is 1. The van der Waals surface area contributed by atoms with Gasteiger partial charge in [0.15, 0.2) is 0 Å². The van der Waals surface area contributed by atoms with Gasteiger partial charge in [-0.05, 0) is 38.9 Å². The predicted octanol–water partition coefficient (Wildman–Crippen LogP) is 1.56. The van der Waals surface area contributed by atoms with E-state index in [9.17, 15) is 4.79 Å². The summed E-state index contributed by atoms with van der Waals surface area (Å²) in [6.07, 6.45) is 0.691. The third-order valence-corrected chi connectivity index (χ3v) is 2.88. The van der Waals surface area contributed by atoms with Crippen molar-refractivity contribution in [2.24, 2.45) is 5.73 Å². The Balaban J connectivity index is 3.05. The third-order valence-electron chi connectivity index (χ3n) is 2.88. The number of nitrogens with two attached hydrogens (primary N) is 1. The zero-order chi connectivity index (χ0) is 14.5. The summed E-state index contributed by atoms with van der Waals surface area (Å²) in [5.41, 5.74) is 5.56. The van der Waals surface area contributed by atoms with E-state index in [1.54, 1.807) is 18.2 Å². The highest BCUT2D eigenvalue weighted by Crippen LogP contribution is 2.28. The van der Waals surface area contributed by atoms with Crippen LogP contribution in [0.3, 0.4) is 0 Å². The minimum Gasteiger partial charge on any atom is -0.496 e. The highest BCUT2D eigenvalue weighted by molar-refractivity contribution is 6.00. The van der Waals surface area contributed by atoms with E-state index in [1.807, 2.05) is 13.8 Å². The summed E-state index contributed by atoms with van der Waals surface area (Å²) >= 11 is 0. The molecular formula is C14H22N2O3. The smallest absolute Gasteiger partial charge is 0.259 e. The van der Waals surface area contributed by atoms with Gasteiger partial charge >= 0.3 is 0 Å². The molecule has 1 rings (SSSR count). The molecule has 1 aromatic carbocycles. The van der Waals surface area contributed by atoms with Crippen molar-refractivity contribution in [3.63, 3.8) is 0 Å². The van der Waals surface area contributed by atoms with Crippen LogP contribution in [0, 0.1) is 0 Å². The lowest BCUT2D eigenvalue weighted by molar-refractivity contribution is 0.0904. The summed E-state index contributed by atoms with van der Waals surface area (Å²) < 4.78 is 10.4. The van der Waals surface area contributed by atoms with Crippen LogP contribution in [-0.4, -0.2) is 32.2 Å². The maximum Gasteiger partial charge on any atom is 0.259 e. The van der Waals surface area contributed by atoms with Crippen LogP contribution >= 0.6 is 0 Å². The molecule has 3 N–H and O–H groups in total. The number of ether oxygens (including phenoxy) is 2. The van der Waals surface area contributed by atoms with E-state index in [4.69, 9.17) is 15.2 Å². The molecule has 0 aliphatic heterocycles. The van der Waals surface area contributed by atoms with Crippen molar-refractivity contribution in [2.45, 2.75) is 25.8 Å². The van der Waals surface area contributed by atoms with Crippen molar-refractivity contribution in [3.8, 4) is 11.5 Å². The summed E-state index contributed by atoms with van der Waals surface area (Å²) in [5, 5.41) is 2.94. The first kappa shape index (κ1) is 15.3. The summed E-state index contributed by atoms with van der Waals surface area (Å²) in [7, 11) is 3.05. The van der Waals surface area contributed by atoms with Gasteiger partial charge in [-0.2, -0.15) is 0 Å². The maximum absolute atomic E-state index is 12.4. The fraction of sp³-hybridized carbons (Fsp3) is 0.500. The minimum atomic E-state index is -0.377. The Kier molecular flexibility index (Phi) is 5.18. The van der Waals surface area contributed by atoms with E-state index in [2.05, 4.69) is 5.32 Å². The lowest BCUT2D eigenvalue weighted by Gasteiger charge is -2.26. The SMILES string of the molecule is COc1cccc(OC)c1C(=O)NC(C)(C)CCN. The zero-order valence-electron chi connectivity index (χ0n) is 11.9. The fourth-order valence-electron chi connectivity index (χ4n) is 1.87. The van der Waals surface area contributed by atoms with E-state index in [0.717, 1.165) is 0 Å². The number of amides is 1. The Hall–Kier alpha value is -1.75. The lowest BCUT2D eigenvalue weighted by atomic mass is 10.00. The molecule has 0 radical (unpaired) electrons. The van der Waals surface area contributed by atoms with E-state index < -0.39 is 0 Å². The average molecular weight is 266 g/mol. The van der Waals surface area contributed by atoms with Crippen molar-refractivity contribution in [3.05, 3.63) is 23.8 Å². The van der Waals surface area contributed by atoms with Crippen LogP contribution in [0.25, 0.3) is 0 Å². The number of methoxy groups -OCH3 is 2. The molecule has 0 saturated heterocycles. The van der Waals surface area contributed by atoms with E-state index in [0.29, 0.717) is 30.0 Å². The van der Waals surface area contributed by atoms with Crippen molar-refractivity contribution >= 4 is 5.91 Å². The second kappa shape index (κ2) is 6.43. The highest BCUT2D eigenvalue weighted by Gasteiger charge is 2.24. The molecule has 106 valence electrons. The summed E-state index contributed by atoms with van der Waals surface area (Å²) in [5.74, 6) is 0.744. The Morgan fingerprint density at radius 3 is 2.21 bits per heavy atom. The number of rotatable bonds is 6. The van der Waals surface area contributed by atoms with E-state index in [1.165, 1.54) is 14.2 Å². The molecule has 0 saturated carbocycles. The van der Waals surface area contributed by atoms with Gasteiger partial charge in [-0.25, -0.2) is 0 Å². The van der Waals surface area contributed by atoms with Crippen molar-refractivity contribution < 1.29 is 14.3 Å². The molecule has 1 amide bonds. The summed E-state index contributed by atoms with van der Waals surface area (Å²) in [6.45, 7) is 4.37. The molecule has 0 fully saturated rings. The first-order chi connectivity index (χ1) is 8.95. The van der Waals surface area contributed by atoms with Crippen LogP contribution in [0.15, 0.2) is 18.2 Å². The van der Waals surface area contributed by atoms with Gasteiger partial charge in [0, 0.05) is 5.54 Å². The normalized spacial score (nSPS) is 11.0. The molecule has 5 nitrogen and oxygen atoms in total. The second-order valence-corrected chi connectivity index (χ2v) is 4.91. The molecule has 0 aromatic heterocycles. The minimum absolute atomic E-state index is 0.229. The van der Waals surface area contributed by atoms with E-state index in [-0.39, 0.29) is 11.4 Å². The number of hydrogen-bond acceptors (Lipinski definition) is 4. The molecule has 0 aliphatic rings. The first-order valence-electron chi connectivity index (χ1n) is 6.18. The third kappa shape index (κ3) is 3.86. The quantitative estimate of drug-likeness (QED) is 0.819. The topological polar surface area (TPSA) is 73.6 Å². The average Bonchev–Trinajstić information content (AvgIpc) is 2.36. The zero-order valence-corrected chi connectivity index (χ0v) is 11.9. The van der Waals surface area contributed by atoms with Gasteiger partial charge in [0.25, 0.3) is 5.91 Å². The Morgan fingerprint density at radius 1 is 1.26 bits per heavy atom. The standard InChI is InChI=1S/C14H22N2O3/c1-14(2,8-9-15)16-13(17)12-10(18-3)6-5-7-11(12)19-4/h5-7H,8-9,15H2,1-4H3,(H,16,17). The monoisotopic (exact) mass is 266 g/mol. The van der Waals surface area contributed by atoms with Gasteiger partial charge in [0.2, 0.25) is 0 Å². The molecule has 0 aliphatic carbocycles. The Bertz CT molecular complexity index is 422. The molecule has 0 unspecified atom stereocenters. The molecule has 5 heteroatoms. The lowest BCUT2D eigenvalue weighted by Crippen LogP contribution is -2.44. The Morgan fingerprint density at radius 2 is 1.79 bits per heavy atom. The summed E-state index contributed by atoms with van der Waals surface area (Å²) in [6, 6.07) is 5.24. The number of benzene rings is 1. The molecular weight excluding hydrogens is 244 g/mol. The van der Waals surface area contributed by atoms with E-state index >= 15 is 0 Å². The fourth-order valence-corrected chi connectivity index (χ4v) is 1.87. The van der Waals surface area contributed by atoms with Gasteiger partial charge in [-0.15, -0.1) is 0 Å². The van der Waals surface area contributed by atoms with Crippen LogP contribution in [0.2, 0.25) is 0 Å². The van der Waals surface area contributed by atoms with Crippen LogP contribution in [0.1, 0.15) is 30.6 Å². The summed E-state index contributed by atoms with van der Waals surface area (Å²) in [4.78, 5) is 12.4. The molecule has 0 bridgehead atoms. The Labute approximate surface area is 114 Å². The molecule has 19 heavy (non-hydrogen) atoms. The number of hydrogen-bond donors (Lipinski definition) is 2. The van der Waals surface area contributed by atoms with Crippen LogP contribution < -0.4 is 20.5 Å². The van der Waals surface area contributed by atoms with Crippen molar-refractivity contribution in [1.82, 2.24) is 5.32 Å². The molecule has 1 aromatic rings. The number of nitrogens with one attached hydrogen (secondary N) is 1. The number of carbonyl (C=O) groups is 1. The maximum atomic E-state index is 12.4. The van der Waals surface area contributed by atoms with Gasteiger partial charge in [0.1, 0.15) is 17.1 Å². The molecule has 0 atom stereocenters. The van der Waals surface area contributed by atoms with Crippen LogP contribution in [0.5, 0.6) is 11.5 Å². The first-order valence-corrected chi connectivity index (χ1v) is 6.18. The van der Waals surface area contributed by atoms with Gasteiger partial charge in [-0.1, -0.05) is 6.07 Å². The van der Waals surface area contributed by atoms with Gasteiger partial charge in [0.05, 0.1) is 14.2 Å². The highest BCUT2D eigenvalue weighted by atomic mass is 16.5. The van der Waals surface area contributed by atoms with Crippen molar-refractivity contribution in [2.75, 3.05) is 20.8 Å². The van der Waals surface area contributed by atoms with Gasteiger partial charge < -0.3 is 20.5 Å². The van der Waals surface area contributed by atoms with Crippen LogP contribution in [-0.2, 0) is 0 Å². The second-order valence-electron chi connectivity index (χ2n) is 4.91. The van der Waals surface area contributed by atoms with Crippen LogP contribution in [0.4, 0.5) is 0 Å². The van der Waals surface area contributed by atoms with Gasteiger partial charge in [-0.3, -0.25) is 4.79 Å². The molecule has 0 spiro atoms. The predicted molar refractivity (Wildman–Crippen MR) is 74.8 cm³/mol. The van der Waals surface area contributed by atoms with Crippen molar-refractivity contribution in [1.29, 1.82) is 0 Å². The largest absolute Gasteiger partial charge is 0.496 e. The molecule has 0 heterocycles.